The molecule has 0 aromatic rings. The maximum Gasteiger partial charge on any atom is 0.296 e. The maximum absolute atomic E-state index is 10.6. The summed E-state index contributed by atoms with van der Waals surface area (Å²) in [4.78, 5) is 10.6. The van der Waals surface area contributed by atoms with Crippen LogP contribution in [0.15, 0.2) is 11.8 Å². The first-order valence-electron chi connectivity index (χ1n) is 3.12. The second kappa shape index (κ2) is 3.02. The normalized spacial score (nSPS) is 16.5. The number of rotatable bonds is 1. The van der Waals surface area contributed by atoms with Gasteiger partial charge in [0.25, 0.3) is 5.78 Å². The van der Waals surface area contributed by atoms with E-state index in [1.54, 1.807) is 6.08 Å². The van der Waals surface area contributed by atoms with Gasteiger partial charge in [-0.3, -0.25) is 4.79 Å². The SMILES string of the molecule is N#CC(=O)C1=CCCCO1. The lowest BCUT2D eigenvalue weighted by Crippen LogP contribution is -2.08. The van der Waals surface area contributed by atoms with Gasteiger partial charge in [0.1, 0.15) is 6.07 Å². The Bertz CT molecular complexity index is 212. The van der Waals surface area contributed by atoms with Crippen LogP contribution in [0.1, 0.15) is 12.8 Å². The monoisotopic (exact) mass is 137 g/mol. The lowest BCUT2D eigenvalue weighted by Gasteiger charge is -2.09. The molecule has 0 atom stereocenters. The Balaban J connectivity index is 2.64. The predicted octanol–water partition coefficient (Wildman–Crippen LogP) is 0.773. The lowest BCUT2D eigenvalue weighted by molar-refractivity contribution is -0.114. The Hall–Kier alpha value is -1.30. The second-order valence-corrected chi connectivity index (χ2v) is 2.00. The molecule has 0 radical (unpaired) electrons. The molecular weight excluding hydrogens is 130 g/mol. The predicted molar refractivity (Wildman–Crippen MR) is 33.9 cm³/mol. The molecule has 0 fully saturated rings. The summed E-state index contributed by atoms with van der Waals surface area (Å²) in [6.07, 6.45) is 3.43. The van der Waals surface area contributed by atoms with Crippen LogP contribution in [0.2, 0.25) is 0 Å². The summed E-state index contributed by atoms with van der Waals surface area (Å²) in [5, 5.41) is 8.17. The standard InChI is InChI=1S/C7H7NO2/c8-5-6(9)7-3-1-2-4-10-7/h3H,1-2,4H2. The van der Waals surface area contributed by atoms with Gasteiger partial charge in [-0.25, -0.2) is 0 Å². The van der Waals surface area contributed by atoms with E-state index in [-0.39, 0.29) is 5.76 Å². The number of hydrogen-bond acceptors (Lipinski definition) is 3. The van der Waals surface area contributed by atoms with Crippen molar-refractivity contribution in [3.63, 3.8) is 0 Å². The zero-order chi connectivity index (χ0) is 7.40. The van der Waals surface area contributed by atoms with E-state index in [0.29, 0.717) is 6.61 Å². The summed E-state index contributed by atoms with van der Waals surface area (Å²) in [6, 6.07) is 1.50. The van der Waals surface area contributed by atoms with E-state index in [2.05, 4.69) is 0 Å². The van der Waals surface area contributed by atoms with Crippen LogP contribution in [-0.4, -0.2) is 12.4 Å². The molecule has 0 aliphatic carbocycles. The van der Waals surface area contributed by atoms with Crippen LogP contribution >= 0.6 is 0 Å². The molecule has 0 unspecified atom stereocenters. The summed E-state index contributed by atoms with van der Waals surface area (Å²) < 4.78 is 4.92. The third-order valence-electron chi connectivity index (χ3n) is 1.26. The minimum Gasteiger partial charge on any atom is -0.489 e. The summed E-state index contributed by atoms with van der Waals surface area (Å²) in [7, 11) is 0. The topological polar surface area (TPSA) is 50.1 Å². The van der Waals surface area contributed by atoms with Gasteiger partial charge in [-0.2, -0.15) is 5.26 Å². The molecule has 1 aliphatic rings. The van der Waals surface area contributed by atoms with Crippen molar-refractivity contribution in [3.8, 4) is 6.07 Å². The van der Waals surface area contributed by atoms with E-state index in [1.165, 1.54) is 6.07 Å². The average molecular weight is 137 g/mol. The summed E-state index contributed by atoms with van der Waals surface area (Å²) in [5.74, 6) is -0.353. The first-order valence-corrected chi connectivity index (χ1v) is 3.12. The molecule has 10 heavy (non-hydrogen) atoms. The average Bonchev–Trinajstić information content (AvgIpc) is 2.05. The highest BCUT2D eigenvalue weighted by Crippen LogP contribution is 2.09. The van der Waals surface area contributed by atoms with E-state index < -0.39 is 5.78 Å². The van der Waals surface area contributed by atoms with Gasteiger partial charge < -0.3 is 4.74 Å². The molecule has 0 N–H and O–H groups in total. The highest BCUT2D eigenvalue weighted by atomic mass is 16.5. The zero-order valence-electron chi connectivity index (χ0n) is 5.46. The number of carbonyl (C=O) groups is 1. The van der Waals surface area contributed by atoms with Crippen LogP contribution in [-0.2, 0) is 9.53 Å². The maximum atomic E-state index is 10.6. The summed E-state index contributed by atoms with van der Waals surface area (Å²) >= 11 is 0. The molecule has 52 valence electrons. The minimum atomic E-state index is -0.570. The largest absolute Gasteiger partial charge is 0.489 e. The number of nitriles is 1. The van der Waals surface area contributed by atoms with Gasteiger partial charge in [-0.15, -0.1) is 0 Å². The van der Waals surface area contributed by atoms with Crippen molar-refractivity contribution in [2.24, 2.45) is 0 Å². The minimum absolute atomic E-state index is 0.216. The second-order valence-electron chi connectivity index (χ2n) is 2.00. The number of Topliss-reactive ketones (excluding diaryl/α,β-unsaturated/α-hetero) is 1. The fourth-order valence-corrected chi connectivity index (χ4v) is 0.771. The zero-order valence-corrected chi connectivity index (χ0v) is 5.46. The molecule has 0 amide bonds. The van der Waals surface area contributed by atoms with E-state index in [0.717, 1.165) is 12.8 Å². The van der Waals surface area contributed by atoms with Crippen molar-refractivity contribution in [2.75, 3.05) is 6.61 Å². The van der Waals surface area contributed by atoms with Gasteiger partial charge >= 0.3 is 0 Å². The Morgan fingerprint density at radius 3 is 3.10 bits per heavy atom. The van der Waals surface area contributed by atoms with Gasteiger partial charge in [0.15, 0.2) is 5.76 Å². The smallest absolute Gasteiger partial charge is 0.296 e. The van der Waals surface area contributed by atoms with E-state index in [4.69, 9.17) is 10.00 Å². The van der Waals surface area contributed by atoms with Gasteiger partial charge in [0.2, 0.25) is 0 Å². The van der Waals surface area contributed by atoms with Crippen molar-refractivity contribution < 1.29 is 9.53 Å². The first kappa shape index (κ1) is 6.81. The Morgan fingerprint density at radius 2 is 2.60 bits per heavy atom. The number of carbonyl (C=O) groups excluding carboxylic acids is 1. The molecule has 0 saturated heterocycles. The molecule has 0 aromatic heterocycles. The van der Waals surface area contributed by atoms with Crippen molar-refractivity contribution in [1.29, 1.82) is 5.26 Å². The Morgan fingerprint density at radius 1 is 1.80 bits per heavy atom. The first-order chi connectivity index (χ1) is 4.84. The molecule has 0 bridgehead atoms. The number of hydrogen-bond donors (Lipinski definition) is 0. The Labute approximate surface area is 58.9 Å². The third-order valence-corrected chi connectivity index (χ3v) is 1.26. The molecule has 1 aliphatic heterocycles. The van der Waals surface area contributed by atoms with Gasteiger partial charge in [-0.05, 0) is 18.9 Å². The van der Waals surface area contributed by atoms with E-state index in [9.17, 15) is 4.79 Å². The molecule has 3 heteroatoms. The van der Waals surface area contributed by atoms with Gasteiger partial charge in [0, 0.05) is 0 Å². The highest BCUT2D eigenvalue weighted by Gasteiger charge is 2.11. The van der Waals surface area contributed by atoms with Crippen LogP contribution in [0.5, 0.6) is 0 Å². The quantitative estimate of drug-likeness (QED) is 0.501. The Kier molecular flexibility index (Phi) is 2.06. The number of allylic oxidation sites excluding steroid dienone is 2. The number of nitrogens with zero attached hydrogens (tertiary/aromatic N) is 1. The van der Waals surface area contributed by atoms with Crippen LogP contribution in [0, 0.1) is 11.3 Å². The summed E-state index contributed by atoms with van der Waals surface area (Å²) in [5.41, 5.74) is 0. The molecule has 1 heterocycles. The molecule has 0 spiro atoms. The van der Waals surface area contributed by atoms with Gasteiger partial charge in [-0.1, -0.05) is 0 Å². The van der Waals surface area contributed by atoms with Crippen molar-refractivity contribution in [2.45, 2.75) is 12.8 Å². The van der Waals surface area contributed by atoms with Crippen molar-refractivity contribution >= 4 is 5.78 Å². The molecule has 3 nitrogen and oxygen atoms in total. The van der Waals surface area contributed by atoms with Crippen LogP contribution in [0.4, 0.5) is 0 Å². The molecule has 0 aromatic carbocycles. The molecule has 1 rings (SSSR count). The lowest BCUT2D eigenvalue weighted by atomic mass is 10.2. The molecular formula is C7H7NO2. The van der Waals surface area contributed by atoms with E-state index >= 15 is 0 Å². The van der Waals surface area contributed by atoms with Crippen molar-refractivity contribution in [1.82, 2.24) is 0 Å². The van der Waals surface area contributed by atoms with Crippen LogP contribution in [0.3, 0.4) is 0 Å². The molecule has 0 saturated carbocycles. The highest BCUT2D eigenvalue weighted by molar-refractivity contribution is 6.05. The number of ether oxygens (including phenoxy) is 1. The van der Waals surface area contributed by atoms with Crippen LogP contribution < -0.4 is 0 Å². The fraction of sp³-hybridized carbons (Fsp3) is 0.429. The van der Waals surface area contributed by atoms with Crippen molar-refractivity contribution in [3.05, 3.63) is 11.8 Å². The number of ketones is 1. The third kappa shape index (κ3) is 1.35. The fourth-order valence-electron chi connectivity index (χ4n) is 0.771. The summed E-state index contributed by atoms with van der Waals surface area (Å²) in [6.45, 7) is 0.555. The van der Waals surface area contributed by atoms with Gasteiger partial charge in [0.05, 0.1) is 6.61 Å². The van der Waals surface area contributed by atoms with E-state index in [1.807, 2.05) is 0 Å². The van der Waals surface area contributed by atoms with Crippen LogP contribution in [0.25, 0.3) is 0 Å².